The number of carbonyl (C=O) groups is 2. The average molecular weight is 453 g/mol. The zero-order valence-corrected chi connectivity index (χ0v) is 18.2. The minimum Gasteiger partial charge on any atom is -0.386 e. The van der Waals surface area contributed by atoms with Gasteiger partial charge in [0.2, 0.25) is 0 Å². The highest BCUT2D eigenvalue weighted by Crippen LogP contribution is 2.13. The fourth-order valence-electron chi connectivity index (χ4n) is 3.10. The summed E-state index contributed by atoms with van der Waals surface area (Å²) >= 11 is 0. The van der Waals surface area contributed by atoms with Gasteiger partial charge in [-0.15, -0.1) is 0 Å². The molecule has 0 aliphatic rings. The number of anilines is 1. The van der Waals surface area contributed by atoms with Crippen molar-refractivity contribution >= 4 is 23.7 Å². The Morgan fingerprint density at radius 1 is 1.12 bits per heavy atom. The van der Waals surface area contributed by atoms with Gasteiger partial charge < -0.3 is 15.5 Å². The summed E-state index contributed by atoms with van der Waals surface area (Å²) in [6, 6.07) is 15.0. The van der Waals surface area contributed by atoms with E-state index in [0.717, 1.165) is 11.8 Å². The van der Waals surface area contributed by atoms with E-state index < -0.39 is 11.8 Å². The molecule has 1 heterocycles. The second-order valence-electron chi connectivity index (χ2n) is 7.16. The molecule has 9 nitrogen and oxygen atoms in total. The van der Waals surface area contributed by atoms with E-state index in [-0.39, 0.29) is 23.7 Å². The molecular formula is C23H24FN5O4. The van der Waals surface area contributed by atoms with Gasteiger partial charge in [-0.1, -0.05) is 35.5 Å². The molecule has 0 unspecified atom stereocenters. The summed E-state index contributed by atoms with van der Waals surface area (Å²) in [6.07, 6.45) is 1.39. The lowest BCUT2D eigenvalue weighted by atomic mass is 10.1. The Bertz CT molecular complexity index is 1200. The molecule has 172 valence electrons. The van der Waals surface area contributed by atoms with E-state index in [1.165, 1.54) is 16.8 Å². The van der Waals surface area contributed by atoms with Gasteiger partial charge in [0, 0.05) is 13.6 Å². The molecule has 2 amide bonds. The molecule has 1 aromatic heterocycles. The van der Waals surface area contributed by atoms with Crippen LogP contribution in [0.3, 0.4) is 0 Å². The molecule has 0 fully saturated rings. The van der Waals surface area contributed by atoms with Gasteiger partial charge in [-0.2, -0.15) is 0 Å². The third-order valence-corrected chi connectivity index (χ3v) is 4.89. The van der Waals surface area contributed by atoms with Crippen LogP contribution in [-0.2, 0) is 27.9 Å². The van der Waals surface area contributed by atoms with Gasteiger partial charge >= 0.3 is 0 Å². The molecule has 0 atom stereocenters. The summed E-state index contributed by atoms with van der Waals surface area (Å²) in [4.78, 5) is 41.5. The van der Waals surface area contributed by atoms with Crippen molar-refractivity contribution in [2.45, 2.75) is 13.3 Å². The number of oxime groups is 1. The lowest BCUT2D eigenvalue weighted by Crippen LogP contribution is -2.29. The van der Waals surface area contributed by atoms with Crippen LogP contribution in [0.25, 0.3) is 5.69 Å². The van der Waals surface area contributed by atoms with E-state index in [1.54, 1.807) is 42.9 Å². The third-order valence-electron chi connectivity index (χ3n) is 4.89. The lowest BCUT2D eigenvalue weighted by Gasteiger charge is -2.07. The standard InChI is InChI=1S/C23H24FN5O4/c1-16-22(23(32)29(28(16)2)19-6-4-3-5-7-19)27-20(30)14-26-33-15-21(31)25-13-12-17-8-10-18(24)11-9-17/h3-11,14H,12-13,15H2,1-2H3,(H,25,31)(H,27,30)/b26-14-. The fourth-order valence-corrected chi connectivity index (χ4v) is 3.10. The number of benzene rings is 2. The van der Waals surface area contributed by atoms with Gasteiger partial charge in [-0.3, -0.25) is 19.1 Å². The zero-order chi connectivity index (χ0) is 23.8. The lowest BCUT2D eigenvalue weighted by molar-refractivity contribution is -0.125. The summed E-state index contributed by atoms with van der Waals surface area (Å²) in [5.41, 5.74) is 1.85. The highest BCUT2D eigenvalue weighted by Gasteiger charge is 2.17. The Hall–Kier alpha value is -4.21. The molecule has 3 rings (SSSR count). The maximum Gasteiger partial charge on any atom is 0.295 e. The number of halogens is 1. The van der Waals surface area contributed by atoms with Crippen molar-refractivity contribution in [2.24, 2.45) is 12.2 Å². The van der Waals surface area contributed by atoms with Crippen LogP contribution in [0, 0.1) is 12.7 Å². The number of nitrogens with one attached hydrogen (secondary N) is 2. The van der Waals surface area contributed by atoms with E-state index in [1.807, 2.05) is 18.2 Å². The van der Waals surface area contributed by atoms with E-state index in [4.69, 9.17) is 4.84 Å². The Balaban J connectivity index is 1.47. The monoisotopic (exact) mass is 453 g/mol. The van der Waals surface area contributed by atoms with Gasteiger partial charge in [0.25, 0.3) is 17.4 Å². The number of nitrogens with zero attached hydrogens (tertiary/aromatic N) is 3. The first kappa shape index (κ1) is 23.5. The number of aromatic nitrogens is 2. The Kier molecular flexibility index (Phi) is 7.74. The predicted octanol–water partition coefficient (Wildman–Crippen LogP) is 1.92. The summed E-state index contributed by atoms with van der Waals surface area (Å²) < 4.78 is 15.9. The minimum absolute atomic E-state index is 0.122. The third kappa shape index (κ3) is 6.16. The molecular weight excluding hydrogens is 429 g/mol. The van der Waals surface area contributed by atoms with Gasteiger partial charge in [-0.25, -0.2) is 9.07 Å². The molecule has 0 bridgehead atoms. The number of amides is 2. The van der Waals surface area contributed by atoms with E-state index in [0.29, 0.717) is 24.3 Å². The molecule has 33 heavy (non-hydrogen) atoms. The SMILES string of the molecule is Cc1c(NC(=O)/C=N\OCC(=O)NCCc2ccc(F)cc2)c(=O)n(-c2ccccc2)n1C. The van der Waals surface area contributed by atoms with Crippen LogP contribution in [0.5, 0.6) is 0 Å². The van der Waals surface area contributed by atoms with Crippen molar-refractivity contribution < 1.29 is 18.8 Å². The first-order chi connectivity index (χ1) is 15.9. The molecule has 2 aromatic carbocycles. The minimum atomic E-state index is -0.669. The molecule has 2 N–H and O–H groups in total. The smallest absolute Gasteiger partial charge is 0.295 e. The Morgan fingerprint density at radius 2 is 1.82 bits per heavy atom. The van der Waals surface area contributed by atoms with Gasteiger partial charge in [0.15, 0.2) is 6.61 Å². The van der Waals surface area contributed by atoms with E-state index >= 15 is 0 Å². The number of carbonyl (C=O) groups excluding carboxylic acids is 2. The van der Waals surface area contributed by atoms with Crippen LogP contribution < -0.4 is 16.2 Å². The Labute approximate surface area is 189 Å². The second-order valence-corrected chi connectivity index (χ2v) is 7.16. The quantitative estimate of drug-likeness (QED) is 0.381. The molecule has 3 aromatic rings. The zero-order valence-electron chi connectivity index (χ0n) is 18.2. The maximum absolute atomic E-state index is 12.9. The number of para-hydroxylation sites is 1. The molecule has 0 saturated heterocycles. The van der Waals surface area contributed by atoms with Crippen LogP contribution in [0.15, 0.2) is 64.5 Å². The van der Waals surface area contributed by atoms with Crippen molar-refractivity contribution in [3.05, 3.63) is 82.0 Å². The molecule has 0 spiro atoms. The van der Waals surface area contributed by atoms with Crippen LogP contribution >= 0.6 is 0 Å². The second kappa shape index (κ2) is 10.9. The fraction of sp³-hybridized carbons (Fsp3) is 0.217. The topological polar surface area (TPSA) is 107 Å². The van der Waals surface area contributed by atoms with Crippen LogP contribution in [0.4, 0.5) is 10.1 Å². The molecule has 10 heteroatoms. The molecule has 0 aliphatic carbocycles. The van der Waals surface area contributed by atoms with Crippen LogP contribution in [0.1, 0.15) is 11.3 Å². The first-order valence-electron chi connectivity index (χ1n) is 10.2. The predicted molar refractivity (Wildman–Crippen MR) is 122 cm³/mol. The van der Waals surface area contributed by atoms with E-state index in [9.17, 15) is 18.8 Å². The van der Waals surface area contributed by atoms with Crippen molar-refractivity contribution in [1.29, 1.82) is 0 Å². The highest BCUT2D eigenvalue weighted by atomic mass is 19.1. The molecule has 0 radical (unpaired) electrons. The summed E-state index contributed by atoms with van der Waals surface area (Å²) in [7, 11) is 1.71. The van der Waals surface area contributed by atoms with Crippen molar-refractivity contribution in [1.82, 2.24) is 14.7 Å². The summed E-state index contributed by atoms with van der Waals surface area (Å²) in [6.45, 7) is 1.68. The van der Waals surface area contributed by atoms with Gasteiger partial charge in [0.05, 0.1) is 11.4 Å². The number of rotatable bonds is 9. The van der Waals surface area contributed by atoms with E-state index in [2.05, 4.69) is 15.8 Å². The first-order valence-corrected chi connectivity index (χ1v) is 10.2. The number of hydrogen-bond acceptors (Lipinski definition) is 5. The van der Waals surface area contributed by atoms with Crippen molar-refractivity contribution in [3.63, 3.8) is 0 Å². The maximum atomic E-state index is 12.9. The number of hydrogen-bond donors (Lipinski definition) is 2. The normalized spacial score (nSPS) is 10.9. The largest absolute Gasteiger partial charge is 0.386 e. The van der Waals surface area contributed by atoms with Gasteiger partial charge in [0.1, 0.15) is 17.7 Å². The van der Waals surface area contributed by atoms with Crippen molar-refractivity contribution in [3.8, 4) is 5.69 Å². The molecule has 0 saturated carbocycles. The highest BCUT2D eigenvalue weighted by molar-refractivity contribution is 6.31. The van der Waals surface area contributed by atoms with Crippen LogP contribution in [0.2, 0.25) is 0 Å². The molecule has 0 aliphatic heterocycles. The Morgan fingerprint density at radius 3 is 2.52 bits per heavy atom. The van der Waals surface area contributed by atoms with Crippen molar-refractivity contribution in [2.75, 3.05) is 18.5 Å². The van der Waals surface area contributed by atoms with Gasteiger partial charge in [-0.05, 0) is 43.2 Å². The average Bonchev–Trinajstić information content (AvgIpc) is 3.01. The summed E-state index contributed by atoms with van der Waals surface area (Å²) in [5.74, 6) is -1.40. The summed E-state index contributed by atoms with van der Waals surface area (Å²) in [5, 5.41) is 8.61. The van der Waals surface area contributed by atoms with Crippen LogP contribution in [-0.4, -0.2) is 40.5 Å².